The van der Waals surface area contributed by atoms with E-state index in [4.69, 9.17) is 9.47 Å². The normalized spacial score (nSPS) is 13.1. The van der Waals surface area contributed by atoms with Crippen molar-refractivity contribution in [2.24, 2.45) is 0 Å². The van der Waals surface area contributed by atoms with Crippen LogP contribution in [0.2, 0.25) is 0 Å². The van der Waals surface area contributed by atoms with Gasteiger partial charge in [0.15, 0.2) is 0 Å². The summed E-state index contributed by atoms with van der Waals surface area (Å²) in [6.07, 6.45) is 0.541. The fourth-order valence-corrected chi connectivity index (χ4v) is 5.44. The second-order valence-corrected chi connectivity index (χ2v) is 9.13. The molecule has 0 saturated heterocycles. The van der Waals surface area contributed by atoms with Gasteiger partial charge in [-0.3, -0.25) is 14.6 Å². The van der Waals surface area contributed by atoms with E-state index in [9.17, 15) is 14.4 Å². The summed E-state index contributed by atoms with van der Waals surface area (Å²) < 4.78 is 12.0. The van der Waals surface area contributed by atoms with E-state index in [1.165, 1.54) is 18.4 Å². The molecule has 2 aromatic carbocycles. The Kier molecular flexibility index (Phi) is 6.04. The molecule has 3 heterocycles. The number of H-pyrrole nitrogens is 1. The van der Waals surface area contributed by atoms with E-state index in [-0.39, 0.29) is 18.1 Å². The first-order valence-electron chi connectivity index (χ1n) is 10.9. The summed E-state index contributed by atoms with van der Waals surface area (Å²) in [6.45, 7) is 1.25. The lowest BCUT2D eigenvalue weighted by atomic mass is 10.1. The Hall–Kier alpha value is -3.69. The van der Waals surface area contributed by atoms with Crippen LogP contribution in [0.15, 0.2) is 64.2 Å². The second-order valence-electron chi connectivity index (χ2n) is 8.02. The van der Waals surface area contributed by atoms with Crippen molar-refractivity contribution in [3.05, 3.63) is 91.4 Å². The molecule has 1 aliphatic heterocycles. The van der Waals surface area contributed by atoms with Crippen LogP contribution in [0.5, 0.6) is 5.75 Å². The lowest BCUT2D eigenvalue weighted by Gasteiger charge is -2.26. The Labute approximate surface area is 199 Å². The van der Waals surface area contributed by atoms with Crippen molar-refractivity contribution in [2.75, 3.05) is 20.3 Å². The van der Waals surface area contributed by atoms with Crippen LogP contribution in [-0.4, -0.2) is 40.6 Å². The number of thiophene rings is 1. The number of carbonyl (C=O) groups is 1. The number of fused-ring (bicyclic) bond motifs is 3. The second kappa shape index (κ2) is 9.28. The molecule has 0 aliphatic carbocycles. The SMILES string of the molecule is COc1cccc(-n2c(=O)[nH]c3sc4c(c3c2=O)CCN(C(=O)COCc2ccccc2)C4)c1. The van der Waals surface area contributed by atoms with Gasteiger partial charge in [0.1, 0.15) is 17.2 Å². The molecule has 4 aromatic rings. The molecular weight excluding hydrogens is 454 g/mol. The summed E-state index contributed by atoms with van der Waals surface area (Å²) in [5.74, 6) is 0.459. The van der Waals surface area contributed by atoms with Crippen molar-refractivity contribution in [1.82, 2.24) is 14.5 Å². The molecule has 0 bridgehead atoms. The molecule has 1 aliphatic rings. The molecule has 0 unspecified atom stereocenters. The third-order valence-electron chi connectivity index (χ3n) is 5.90. The number of carbonyl (C=O) groups excluding carboxylic acids is 1. The Bertz CT molecular complexity index is 1470. The van der Waals surface area contributed by atoms with E-state index in [0.29, 0.717) is 47.8 Å². The quantitative estimate of drug-likeness (QED) is 0.461. The molecule has 0 radical (unpaired) electrons. The predicted molar refractivity (Wildman–Crippen MR) is 130 cm³/mol. The van der Waals surface area contributed by atoms with E-state index in [1.54, 1.807) is 29.2 Å². The van der Waals surface area contributed by atoms with Crippen LogP contribution in [0.3, 0.4) is 0 Å². The topological polar surface area (TPSA) is 93.6 Å². The van der Waals surface area contributed by atoms with Crippen LogP contribution in [0.4, 0.5) is 0 Å². The largest absolute Gasteiger partial charge is 0.497 e. The van der Waals surface area contributed by atoms with Gasteiger partial charge in [0.2, 0.25) is 5.91 Å². The summed E-state index contributed by atoms with van der Waals surface area (Å²) in [5, 5.41) is 0.509. The van der Waals surface area contributed by atoms with Gasteiger partial charge in [-0.2, -0.15) is 0 Å². The summed E-state index contributed by atoms with van der Waals surface area (Å²) in [4.78, 5) is 44.9. The first kappa shape index (κ1) is 22.1. The molecule has 1 amide bonds. The minimum absolute atomic E-state index is 0.00536. The zero-order valence-corrected chi connectivity index (χ0v) is 19.4. The van der Waals surface area contributed by atoms with E-state index < -0.39 is 5.69 Å². The number of hydrogen-bond donors (Lipinski definition) is 1. The fourth-order valence-electron chi connectivity index (χ4n) is 4.19. The summed E-state index contributed by atoms with van der Waals surface area (Å²) in [7, 11) is 1.53. The van der Waals surface area contributed by atoms with Gasteiger partial charge in [-0.15, -0.1) is 11.3 Å². The highest BCUT2D eigenvalue weighted by atomic mass is 32.1. The lowest BCUT2D eigenvalue weighted by molar-refractivity contribution is -0.137. The molecule has 0 atom stereocenters. The van der Waals surface area contributed by atoms with Gasteiger partial charge >= 0.3 is 5.69 Å². The van der Waals surface area contributed by atoms with Gasteiger partial charge < -0.3 is 14.4 Å². The number of aromatic amines is 1. The zero-order chi connectivity index (χ0) is 23.7. The maximum Gasteiger partial charge on any atom is 0.334 e. The van der Waals surface area contributed by atoms with E-state index in [2.05, 4.69) is 4.98 Å². The predicted octanol–water partition coefficient (Wildman–Crippen LogP) is 2.85. The maximum atomic E-state index is 13.4. The maximum absolute atomic E-state index is 13.4. The van der Waals surface area contributed by atoms with E-state index in [0.717, 1.165) is 20.6 Å². The van der Waals surface area contributed by atoms with Gasteiger partial charge in [0.25, 0.3) is 5.56 Å². The van der Waals surface area contributed by atoms with Crippen LogP contribution in [0, 0.1) is 0 Å². The average molecular weight is 478 g/mol. The summed E-state index contributed by atoms with van der Waals surface area (Å²) in [5.41, 5.74) is 1.47. The number of benzene rings is 2. The van der Waals surface area contributed by atoms with E-state index in [1.807, 2.05) is 30.3 Å². The number of amides is 1. The minimum atomic E-state index is -0.508. The van der Waals surface area contributed by atoms with Gasteiger partial charge in [0, 0.05) is 17.5 Å². The standard InChI is InChI=1S/C25H23N3O5S/c1-32-18-9-5-8-17(12-18)28-24(30)22-19-10-11-27(13-20(19)34-23(22)26-25(28)31)21(29)15-33-14-16-6-3-2-4-7-16/h2-9,12H,10-11,13-15H2,1H3,(H,26,31). The molecule has 5 rings (SSSR count). The van der Waals surface area contributed by atoms with Crippen LogP contribution in [0.1, 0.15) is 16.0 Å². The Balaban J connectivity index is 1.38. The molecule has 0 fully saturated rings. The molecule has 0 saturated carbocycles. The molecule has 174 valence electrons. The van der Waals surface area contributed by atoms with Crippen molar-refractivity contribution in [3.63, 3.8) is 0 Å². The highest BCUT2D eigenvalue weighted by Gasteiger charge is 2.27. The number of nitrogens with one attached hydrogen (secondary N) is 1. The van der Waals surface area contributed by atoms with E-state index >= 15 is 0 Å². The van der Waals surface area contributed by atoms with Crippen molar-refractivity contribution in [3.8, 4) is 11.4 Å². The van der Waals surface area contributed by atoms with Crippen LogP contribution in [-0.2, 0) is 29.1 Å². The number of hydrogen-bond acceptors (Lipinski definition) is 6. The Morgan fingerprint density at radius 1 is 1.12 bits per heavy atom. The number of nitrogens with zero attached hydrogens (tertiary/aromatic N) is 2. The van der Waals surface area contributed by atoms with Crippen molar-refractivity contribution in [1.29, 1.82) is 0 Å². The van der Waals surface area contributed by atoms with Gasteiger partial charge in [-0.1, -0.05) is 36.4 Å². The molecule has 8 nitrogen and oxygen atoms in total. The smallest absolute Gasteiger partial charge is 0.334 e. The minimum Gasteiger partial charge on any atom is -0.497 e. The number of methoxy groups -OCH3 is 1. The van der Waals surface area contributed by atoms with Gasteiger partial charge in [0.05, 0.1) is 31.3 Å². The molecule has 9 heteroatoms. The molecule has 1 N–H and O–H groups in total. The lowest BCUT2D eigenvalue weighted by Crippen LogP contribution is -2.38. The number of ether oxygens (including phenoxy) is 2. The third-order valence-corrected chi connectivity index (χ3v) is 7.03. The van der Waals surface area contributed by atoms with Gasteiger partial charge in [-0.25, -0.2) is 9.36 Å². The Morgan fingerprint density at radius 3 is 2.74 bits per heavy atom. The highest BCUT2D eigenvalue weighted by molar-refractivity contribution is 7.18. The highest BCUT2D eigenvalue weighted by Crippen LogP contribution is 2.32. The molecule has 34 heavy (non-hydrogen) atoms. The molecule has 2 aromatic heterocycles. The van der Waals surface area contributed by atoms with Crippen LogP contribution in [0.25, 0.3) is 15.9 Å². The monoisotopic (exact) mass is 477 g/mol. The molecular formula is C25H23N3O5S. The van der Waals surface area contributed by atoms with Gasteiger partial charge in [-0.05, 0) is 29.7 Å². The number of rotatable bonds is 6. The van der Waals surface area contributed by atoms with Crippen molar-refractivity contribution < 1.29 is 14.3 Å². The molecule has 0 spiro atoms. The first-order valence-corrected chi connectivity index (χ1v) is 11.7. The zero-order valence-electron chi connectivity index (χ0n) is 18.6. The first-order chi connectivity index (χ1) is 16.5. The fraction of sp³-hybridized carbons (Fsp3) is 0.240. The third kappa shape index (κ3) is 4.15. The average Bonchev–Trinajstić information content (AvgIpc) is 3.22. The number of aromatic nitrogens is 2. The van der Waals surface area contributed by atoms with Crippen molar-refractivity contribution in [2.45, 2.75) is 19.6 Å². The van der Waals surface area contributed by atoms with Crippen molar-refractivity contribution >= 4 is 27.5 Å². The van der Waals surface area contributed by atoms with Crippen LogP contribution < -0.4 is 16.0 Å². The summed E-state index contributed by atoms with van der Waals surface area (Å²) >= 11 is 1.35. The Morgan fingerprint density at radius 2 is 1.94 bits per heavy atom. The summed E-state index contributed by atoms with van der Waals surface area (Å²) in [6, 6.07) is 16.5. The van der Waals surface area contributed by atoms with Crippen LogP contribution >= 0.6 is 11.3 Å².